The van der Waals surface area contributed by atoms with E-state index in [1.807, 2.05) is 0 Å². The van der Waals surface area contributed by atoms with Gasteiger partial charge < -0.3 is 15.4 Å². The van der Waals surface area contributed by atoms with E-state index in [4.69, 9.17) is 16.3 Å². The van der Waals surface area contributed by atoms with Crippen LogP contribution in [0.4, 0.5) is 27.6 Å². The quantitative estimate of drug-likeness (QED) is 0.272. The predicted octanol–water partition coefficient (Wildman–Crippen LogP) is 6.09. The number of alkyl halides is 3. The third-order valence-electron chi connectivity index (χ3n) is 5.99. The lowest BCUT2D eigenvalue weighted by Gasteiger charge is -2.19. The minimum Gasteiger partial charge on any atom is -0.489 e. The maximum absolute atomic E-state index is 14.1. The SMILES string of the molecule is O=C(Nc1cc(OCc2cncnc2)cc2c1C(c1cc(F)ccc1Cl)NC2=O)c1cc(F)cc(C(F)(F)F)c1. The summed E-state index contributed by atoms with van der Waals surface area (Å²) in [6.07, 6.45) is -0.576. The molecule has 1 aliphatic rings. The van der Waals surface area contributed by atoms with Gasteiger partial charge in [0.05, 0.1) is 22.9 Å². The first-order valence-electron chi connectivity index (χ1n) is 11.5. The van der Waals surface area contributed by atoms with Crippen LogP contribution in [0.3, 0.4) is 0 Å². The smallest absolute Gasteiger partial charge is 0.416 e. The summed E-state index contributed by atoms with van der Waals surface area (Å²) >= 11 is 6.28. The molecule has 0 saturated carbocycles. The summed E-state index contributed by atoms with van der Waals surface area (Å²) in [5.74, 6) is -3.50. The highest BCUT2D eigenvalue weighted by Crippen LogP contribution is 2.42. The molecule has 0 saturated heterocycles. The van der Waals surface area contributed by atoms with Crippen molar-refractivity contribution in [2.75, 3.05) is 5.32 Å². The molecular weight excluding hydrogens is 559 g/mol. The number of hydrogen-bond donors (Lipinski definition) is 2. The first-order chi connectivity index (χ1) is 19.0. The van der Waals surface area contributed by atoms with Gasteiger partial charge in [0, 0.05) is 45.7 Å². The van der Waals surface area contributed by atoms with E-state index in [0.29, 0.717) is 17.7 Å². The summed E-state index contributed by atoms with van der Waals surface area (Å²) in [6, 6.07) is 6.63. The molecule has 1 atom stereocenters. The maximum Gasteiger partial charge on any atom is 0.416 e. The molecule has 2 amide bonds. The van der Waals surface area contributed by atoms with Crippen LogP contribution in [0.5, 0.6) is 5.75 Å². The minimum atomic E-state index is -4.90. The summed E-state index contributed by atoms with van der Waals surface area (Å²) in [5, 5.41) is 5.23. The zero-order valence-corrected chi connectivity index (χ0v) is 20.8. The lowest BCUT2D eigenvalue weighted by molar-refractivity contribution is -0.137. The van der Waals surface area contributed by atoms with Crippen LogP contribution in [-0.2, 0) is 12.8 Å². The zero-order valence-electron chi connectivity index (χ0n) is 20.0. The first kappa shape index (κ1) is 27.0. The van der Waals surface area contributed by atoms with Gasteiger partial charge in [-0.1, -0.05) is 11.6 Å². The Bertz CT molecular complexity index is 1630. The van der Waals surface area contributed by atoms with Crippen molar-refractivity contribution < 1.29 is 36.3 Å². The summed E-state index contributed by atoms with van der Waals surface area (Å²) in [6.45, 7) is -0.0212. The molecular formula is C27H16ClF5N4O3. The number of amides is 2. The summed E-state index contributed by atoms with van der Waals surface area (Å²) in [4.78, 5) is 33.8. The summed E-state index contributed by atoms with van der Waals surface area (Å²) < 4.78 is 73.6. The van der Waals surface area contributed by atoms with E-state index in [0.717, 1.165) is 12.1 Å². The average molecular weight is 575 g/mol. The van der Waals surface area contributed by atoms with Gasteiger partial charge in [-0.15, -0.1) is 0 Å². The first-order valence-corrected chi connectivity index (χ1v) is 11.9. The van der Waals surface area contributed by atoms with Gasteiger partial charge in [0.1, 0.15) is 30.3 Å². The predicted molar refractivity (Wildman–Crippen MR) is 133 cm³/mol. The molecule has 3 aromatic carbocycles. The van der Waals surface area contributed by atoms with Crippen LogP contribution >= 0.6 is 11.6 Å². The Balaban J connectivity index is 1.58. The lowest BCUT2D eigenvalue weighted by atomic mass is 9.95. The molecule has 0 aliphatic carbocycles. The lowest BCUT2D eigenvalue weighted by Crippen LogP contribution is -2.21. The fraction of sp³-hybridized carbons (Fsp3) is 0.111. The molecule has 13 heteroatoms. The Labute approximate surface area is 228 Å². The Morgan fingerprint density at radius 3 is 2.50 bits per heavy atom. The van der Waals surface area contributed by atoms with E-state index in [1.54, 1.807) is 0 Å². The largest absolute Gasteiger partial charge is 0.489 e. The fourth-order valence-electron chi connectivity index (χ4n) is 4.21. The highest BCUT2D eigenvalue weighted by molar-refractivity contribution is 6.31. The second-order valence-electron chi connectivity index (χ2n) is 8.72. The number of carbonyl (C=O) groups is 2. The maximum atomic E-state index is 14.1. The molecule has 0 bridgehead atoms. The normalized spacial score (nSPS) is 14.4. The topological polar surface area (TPSA) is 93.2 Å². The number of nitrogens with zero attached hydrogens (tertiary/aromatic N) is 2. The van der Waals surface area contributed by atoms with Gasteiger partial charge in [-0.25, -0.2) is 18.7 Å². The Morgan fingerprint density at radius 2 is 1.77 bits per heavy atom. The molecule has 1 unspecified atom stereocenters. The third-order valence-corrected chi connectivity index (χ3v) is 6.33. The van der Waals surface area contributed by atoms with Crippen molar-refractivity contribution in [1.82, 2.24) is 15.3 Å². The molecule has 2 N–H and O–H groups in total. The third kappa shape index (κ3) is 5.57. The average Bonchev–Trinajstić information content (AvgIpc) is 3.25. The highest BCUT2D eigenvalue weighted by atomic mass is 35.5. The van der Waals surface area contributed by atoms with Crippen LogP contribution < -0.4 is 15.4 Å². The molecule has 0 radical (unpaired) electrons. The number of fused-ring (bicyclic) bond motifs is 1. The van der Waals surface area contributed by atoms with Gasteiger partial charge in [0.15, 0.2) is 0 Å². The van der Waals surface area contributed by atoms with Gasteiger partial charge in [-0.3, -0.25) is 9.59 Å². The van der Waals surface area contributed by atoms with Crippen LogP contribution in [0.15, 0.2) is 67.3 Å². The van der Waals surface area contributed by atoms with Crippen molar-refractivity contribution in [2.24, 2.45) is 0 Å². The monoisotopic (exact) mass is 574 g/mol. The van der Waals surface area contributed by atoms with Gasteiger partial charge in [0.25, 0.3) is 11.8 Å². The minimum absolute atomic E-state index is 0.0212. The van der Waals surface area contributed by atoms with Crippen LogP contribution in [-0.4, -0.2) is 21.8 Å². The molecule has 2 heterocycles. The van der Waals surface area contributed by atoms with Crippen LogP contribution in [0.2, 0.25) is 5.02 Å². The van der Waals surface area contributed by atoms with Gasteiger partial charge in [0.2, 0.25) is 0 Å². The number of carbonyl (C=O) groups excluding carboxylic acids is 2. The fourth-order valence-corrected chi connectivity index (χ4v) is 4.44. The highest BCUT2D eigenvalue weighted by Gasteiger charge is 2.36. The molecule has 4 aromatic rings. The Hall–Kier alpha value is -4.58. The van der Waals surface area contributed by atoms with Crippen molar-refractivity contribution in [3.05, 3.63) is 117 Å². The van der Waals surface area contributed by atoms with E-state index in [2.05, 4.69) is 20.6 Å². The Morgan fingerprint density at radius 1 is 1.02 bits per heavy atom. The number of ether oxygens (including phenoxy) is 1. The van der Waals surface area contributed by atoms with E-state index < -0.39 is 46.8 Å². The molecule has 1 aliphatic heterocycles. The molecule has 0 spiro atoms. The molecule has 5 rings (SSSR count). The molecule has 0 fully saturated rings. The van der Waals surface area contributed by atoms with Gasteiger partial charge >= 0.3 is 6.18 Å². The van der Waals surface area contributed by atoms with Crippen molar-refractivity contribution >= 4 is 29.1 Å². The van der Waals surface area contributed by atoms with Crippen molar-refractivity contribution in [3.63, 3.8) is 0 Å². The molecule has 1 aromatic heterocycles. The zero-order chi connectivity index (χ0) is 28.6. The van der Waals surface area contributed by atoms with Crippen LogP contribution in [0.1, 0.15) is 49.0 Å². The van der Waals surface area contributed by atoms with E-state index in [9.17, 15) is 31.5 Å². The molecule has 7 nitrogen and oxygen atoms in total. The molecule has 204 valence electrons. The van der Waals surface area contributed by atoms with E-state index in [-0.39, 0.29) is 45.8 Å². The van der Waals surface area contributed by atoms with Crippen molar-refractivity contribution in [3.8, 4) is 5.75 Å². The summed E-state index contributed by atoms with van der Waals surface area (Å²) in [7, 11) is 0. The number of hydrogen-bond acceptors (Lipinski definition) is 5. The standard InChI is InChI=1S/C27H16ClF5N4O3/c28-21-2-1-16(29)6-19(21)24-23-20(26(39)37-24)7-18(40-11-13-9-34-12-35-10-13)8-22(23)36-25(38)14-3-15(27(31,32)33)5-17(30)4-14/h1-10,12,24H,11H2,(H,36,38)(H,37,39). The van der Waals surface area contributed by atoms with Gasteiger partial charge in [-0.05, 0) is 42.5 Å². The van der Waals surface area contributed by atoms with Crippen molar-refractivity contribution in [2.45, 2.75) is 18.8 Å². The summed E-state index contributed by atoms with van der Waals surface area (Å²) in [5.41, 5.74) is -1.07. The second-order valence-corrected chi connectivity index (χ2v) is 9.13. The number of nitrogens with one attached hydrogen (secondary N) is 2. The van der Waals surface area contributed by atoms with E-state index in [1.165, 1.54) is 36.9 Å². The number of anilines is 1. The number of halogens is 6. The molecule has 40 heavy (non-hydrogen) atoms. The van der Waals surface area contributed by atoms with Crippen LogP contribution in [0, 0.1) is 11.6 Å². The van der Waals surface area contributed by atoms with Crippen molar-refractivity contribution in [1.29, 1.82) is 0 Å². The number of benzene rings is 3. The second kappa shape index (κ2) is 10.5. The van der Waals surface area contributed by atoms with E-state index >= 15 is 0 Å². The van der Waals surface area contributed by atoms with Gasteiger partial charge in [-0.2, -0.15) is 13.2 Å². The van der Waals surface area contributed by atoms with Crippen LogP contribution in [0.25, 0.3) is 0 Å². The Kier molecular flexibility index (Phi) is 7.11. The number of rotatable bonds is 6. The number of aromatic nitrogens is 2.